The minimum Gasteiger partial charge on any atom is -0.462 e. The summed E-state index contributed by atoms with van der Waals surface area (Å²) in [5.74, 6) is -2.68. The second-order valence-corrected chi connectivity index (χ2v) is 17.6. The zero-order valence-corrected chi connectivity index (χ0v) is 37.5. The Hall–Kier alpha value is -2.80. The van der Waals surface area contributed by atoms with Gasteiger partial charge in [-0.1, -0.05) is 52.0 Å². The fourth-order valence-corrected chi connectivity index (χ4v) is 8.30. The lowest BCUT2D eigenvalue weighted by Gasteiger charge is -2.50. The number of ether oxygens (including phenoxy) is 8. The Kier molecular flexibility index (Phi) is 20.8. The summed E-state index contributed by atoms with van der Waals surface area (Å²) in [6, 6.07) is -0.783. The Bertz CT molecular complexity index is 1420. The van der Waals surface area contributed by atoms with Crippen LogP contribution in [0.15, 0.2) is 24.3 Å². The van der Waals surface area contributed by atoms with E-state index in [-0.39, 0.29) is 38.0 Å². The zero-order valence-electron chi connectivity index (χ0n) is 37.5. The molecule has 0 aromatic heterocycles. The van der Waals surface area contributed by atoms with Crippen molar-refractivity contribution >= 4 is 24.2 Å². The number of aldehydes is 1. The Morgan fingerprint density at radius 3 is 2.30 bits per heavy atom. The van der Waals surface area contributed by atoms with Crippen LogP contribution < -0.4 is 0 Å². The van der Waals surface area contributed by atoms with Crippen LogP contribution in [-0.2, 0) is 57.1 Å². The maximum absolute atomic E-state index is 13.4. The van der Waals surface area contributed by atoms with Gasteiger partial charge in [0.05, 0.1) is 36.9 Å². The van der Waals surface area contributed by atoms with Gasteiger partial charge in [0.1, 0.15) is 42.4 Å². The molecule has 0 spiro atoms. The van der Waals surface area contributed by atoms with E-state index in [1.54, 1.807) is 64.9 Å². The molecule has 16 atom stereocenters. The number of cyclic esters (lactones) is 1. The van der Waals surface area contributed by atoms with Gasteiger partial charge >= 0.3 is 17.9 Å². The molecule has 2 fully saturated rings. The van der Waals surface area contributed by atoms with Crippen LogP contribution in [0.25, 0.3) is 0 Å². The van der Waals surface area contributed by atoms with Crippen molar-refractivity contribution in [2.75, 3.05) is 21.2 Å². The van der Waals surface area contributed by atoms with E-state index in [1.165, 1.54) is 7.11 Å². The van der Waals surface area contributed by atoms with Crippen LogP contribution in [-0.4, -0.2) is 151 Å². The van der Waals surface area contributed by atoms with Crippen LogP contribution in [0.4, 0.5) is 0 Å². The summed E-state index contributed by atoms with van der Waals surface area (Å²) in [5.41, 5.74) is -1.50. The molecule has 0 aromatic carbocycles. The van der Waals surface area contributed by atoms with Gasteiger partial charge < -0.3 is 62.9 Å². The highest BCUT2D eigenvalue weighted by atomic mass is 16.7. The van der Waals surface area contributed by atoms with Gasteiger partial charge in [0.25, 0.3) is 0 Å². The van der Waals surface area contributed by atoms with Gasteiger partial charge in [0.2, 0.25) is 0 Å². The van der Waals surface area contributed by atoms with Crippen molar-refractivity contribution < 1.29 is 72.4 Å². The minimum atomic E-state index is -1.50. The highest BCUT2D eigenvalue weighted by Gasteiger charge is 2.53. The normalized spacial score (nSPS) is 38.7. The van der Waals surface area contributed by atoms with Crippen molar-refractivity contribution in [3.63, 3.8) is 0 Å². The van der Waals surface area contributed by atoms with E-state index >= 15 is 0 Å². The van der Waals surface area contributed by atoms with E-state index in [4.69, 9.17) is 37.9 Å². The first-order valence-electron chi connectivity index (χ1n) is 21.5. The van der Waals surface area contributed by atoms with Crippen LogP contribution in [0.2, 0.25) is 0 Å². The maximum Gasteiger partial charge on any atom is 0.309 e. The third-order valence-electron chi connectivity index (χ3n) is 11.3. The summed E-state index contributed by atoms with van der Waals surface area (Å²) in [6.07, 6.45) is -3.49. The molecule has 0 bridgehead atoms. The second kappa shape index (κ2) is 24.2. The van der Waals surface area contributed by atoms with Gasteiger partial charge in [-0.3, -0.25) is 14.4 Å². The van der Waals surface area contributed by atoms with Crippen molar-refractivity contribution in [3.05, 3.63) is 24.3 Å². The van der Waals surface area contributed by atoms with Crippen LogP contribution in [0.5, 0.6) is 0 Å². The van der Waals surface area contributed by atoms with E-state index in [9.17, 15) is 34.5 Å². The lowest BCUT2D eigenvalue weighted by Crippen LogP contribution is -2.66. The number of aliphatic hydroxyl groups excluding tert-OH is 2. The number of hydrogen-bond donors (Lipinski definition) is 3. The molecule has 0 radical (unpaired) electrons. The van der Waals surface area contributed by atoms with E-state index in [2.05, 4.69) is 0 Å². The first kappa shape index (κ1) is 51.5. The van der Waals surface area contributed by atoms with Crippen molar-refractivity contribution in [3.8, 4) is 0 Å². The number of likely N-dealkylation sites (N-methyl/N-ethyl adjacent to an activating group) is 1. The number of aliphatic hydroxyl groups is 3. The Morgan fingerprint density at radius 2 is 1.70 bits per heavy atom. The molecule has 0 amide bonds. The summed E-state index contributed by atoms with van der Waals surface area (Å²) in [6.45, 7) is 14.2. The predicted molar refractivity (Wildman–Crippen MR) is 219 cm³/mol. The van der Waals surface area contributed by atoms with Gasteiger partial charge in [0.15, 0.2) is 18.7 Å². The van der Waals surface area contributed by atoms with Crippen LogP contribution in [0, 0.1) is 17.8 Å². The molecule has 60 heavy (non-hydrogen) atoms. The fourth-order valence-electron chi connectivity index (χ4n) is 8.30. The molecule has 16 nitrogen and oxygen atoms in total. The number of carbonyl (C=O) groups is 4. The Labute approximate surface area is 356 Å². The molecule has 2 saturated heterocycles. The number of hydrogen-bond acceptors (Lipinski definition) is 16. The predicted octanol–water partition coefficient (Wildman–Crippen LogP) is 3.79. The first-order valence-corrected chi connectivity index (χ1v) is 21.5. The largest absolute Gasteiger partial charge is 0.462 e. The van der Waals surface area contributed by atoms with Gasteiger partial charge in [-0.2, -0.15) is 0 Å². The highest BCUT2D eigenvalue weighted by molar-refractivity contribution is 5.73. The number of esters is 3. The third-order valence-corrected chi connectivity index (χ3v) is 11.3. The lowest BCUT2D eigenvalue weighted by atomic mass is 9.82. The molecule has 3 rings (SSSR count). The monoisotopic (exact) mass is 855 g/mol. The van der Waals surface area contributed by atoms with Crippen molar-refractivity contribution in [2.45, 2.75) is 192 Å². The second-order valence-electron chi connectivity index (χ2n) is 17.6. The number of rotatable bonds is 14. The molecular formula is C44H73NO15. The molecule has 0 aromatic rings. The summed E-state index contributed by atoms with van der Waals surface area (Å²) in [4.78, 5) is 53.1. The van der Waals surface area contributed by atoms with Crippen LogP contribution in [0.3, 0.4) is 0 Å². The summed E-state index contributed by atoms with van der Waals surface area (Å²) in [7, 11) is 4.89. The molecule has 3 aliphatic heterocycles. The van der Waals surface area contributed by atoms with Crippen LogP contribution >= 0.6 is 0 Å². The molecule has 3 heterocycles. The molecule has 16 unspecified atom stereocenters. The smallest absolute Gasteiger partial charge is 0.309 e. The van der Waals surface area contributed by atoms with E-state index in [1.807, 2.05) is 33.8 Å². The molecule has 0 saturated carbocycles. The third kappa shape index (κ3) is 14.9. The molecule has 0 aliphatic carbocycles. The van der Waals surface area contributed by atoms with Gasteiger partial charge in [0, 0.05) is 39.2 Å². The van der Waals surface area contributed by atoms with E-state index < -0.39 is 121 Å². The Morgan fingerprint density at radius 1 is 1.00 bits per heavy atom. The summed E-state index contributed by atoms with van der Waals surface area (Å²) < 4.78 is 49.1. The van der Waals surface area contributed by atoms with Crippen LogP contribution in [0.1, 0.15) is 107 Å². The topological polar surface area (TPSA) is 206 Å². The summed E-state index contributed by atoms with van der Waals surface area (Å²) >= 11 is 0. The van der Waals surface area contributed by atoms with E-state index in [0.29, 0.717) is 12.8 Å². The number of allylic oxidation sites excluding steroid dienone is 2. The molecule has 3 aliphatic rings. The zero-order chi connectivity index (χ0) is 44.9. The lowest BCUT2D eigenvalue weighted by molar-refractivity contribution is -0.344. The number of carbonyl (C=O) groups excluding carboxylic acids is 4. The maximum atomic E-state index is 13.4. The first-order chi connectivity index (χ1) is 28.2. The highest BCUT2D eigenvalue weighted by Crippen LogP contribution is 2.38. The average Bonchev–Trinajstić information content (AvgIpc) is 3.13. The Balaban J connectivity index is 2.00. The van der Waals surface area contributed by atoms with Gasteiger partial charge in [-0.05, 0) is 72.4 Å². The summed E-state index contributed by atoms with van der Waals surface area (Å²) in [5, 5.41) is 34.8. The number of methoxy groups -OCH3 is 1. The van der Waals surface area contributed by atoms with Crippen molar-refractivity contribution in [1.29, 1.82) is 0 Å². The number of nitrogens with zero attached hydrogens (tertiary/aromatic N) is 1. The SMILES string of the molecule is CCCC(=O)OC1CC(=O)OC(C)CC=CC=CC(O)C(C)CC(CC=O)C(OC2OC(C)C(OC3CC(C)(O)C(OC(=O)CC(C)C)C(C)O3)C(N(C)C)C2O)C1OC. The molecule has 344 valence electrons. The quantitative estimate of drug-likeness (QED) is 0.129. The molecular weight excluding hydrogens is 782 g/mol. The van der Waals surface area contributed by atoms with Gasteiger partial charge in [-0.15, -0.1) is 0 Å². The van der Waals surface area contributed by atoms with Crippen molar-refractivity contribution in [2.24, 2.45) is 17.8 Å². The van der Waals surface area contributed by atoms with E-state index in [0.717, 1.165) is 6.29 Å². The molecule has 3 N–H and O–H groups in total. The van der Waals surface area contributed by atoms with Crippen molar-refractivity contribution in [1.82, 2.24) is 4.90 Å². The van der Waals surface area contributed by atoms with Gasteiger partial charge in [-0.25, -0.2) is 0 Å². The average molecular weight is 856 g/mol. The molecule has 16 heteroatoms. The minimum absolute atomic E-state index is 0.0454. The standard InChI is InChI=1S/C44H73NO15/c1-12-16-33(48)57-32-23-35(50)54-27(5)17-14-13-15-18-31(47)26(4)22-30(19-20-46)40(41(32)53-11)60-43-38(51)37(45(9)10)39(28(6)56-43)59-36-24-44(8,52)42(29(7)55-36)58-34(49)21-25(2)3/h13-15,18,20,25-32,36-43,47,51-52H,12,16-17,19,21-24H2,1-11H3. The fraction of sp³-hybridized carbons (Fsp3) is 0.818.